The van der Waals surface area contributed by atoms with Gasteiger partial charge in [0, 0.05) is 18.3 Å². The molecule has 1 unspecified atom stereocenters. The van der Waals surface area contributed by atoms with Crippen molar-refractivity contribution in [3.05, 3.63) is 59.7 Å². The summed E-state index contributed by atoms with van der Waals surface area (Å²) in [6.45, 7) is 3.47. The van der Waals surface area contributed by atoms with Crippen LogP contribution in [-0.2, 0) is 4.79 Å². The Balaban J connectivity index is 2.14. The predicted molar refractivity (Wildman–Crippen MR) is 83.9 cm³/mol. The van der Waals surface area contributed by atoms with Gasteiger partial charge in [0.1, 0.15) is 6.04 Å². The highest BCUT2D eigenvalue weighted by molar-refractivity contribution is 5.88. The molecule has 0 saturated carbocycles. The molecule has 1 atom stereocenters. The molecule has 2 aromatic rings. The minimum atomic E-state index is -0.432. The number of rotatable bonds is 4. The summed E-state index contributed by atoms with van der Waals surface area (Å²) < 4.78 is 0. The van der Waals surface area contributed by atoms with E-state index in [0.717, 1.165) is 22.5 Å². The van der Waals surface area contributed by atoms with Crippen LogP contribution in [0.3, 0.4) is 0 Å². The molecule has 0 fully saturated rings. The van der Waals surface area contributed by atoms with Crippen molar-refractivity contribution in [2.75, 3.05) is 10.6 Å². The third kappa shape index (κ3) is 4.08. The van der Waals surface area contributed by atoms with Crippen LogP contribution in [0.5, 0.6) is 0 Å². The number of carbonyl (C=O) groups excluding carboxylic acids is 1. The average Bonchev–Trinajstić information content (AvgIpc) is 2.45. The lowest BCUT2D eigenvalue weighted by atomic mass is 10.1. The van der Waals surface area contributed by atoms with Gasteiger partial charge in [-0.2, -0.15) is 5.26 Å². The van der Waals surface area contributed by atoms with Crippen molar-refractivity contribution in [2.45, 2.75) is 19.9 Å². The third-order valence-electron chi connectivity index (χ3n) is 3.02. The number of hydrogen-bond donors (Lipinski definition) is 2. The van der Waals surface area contributed by atoms with Gasteiger partial charge >= 0.3 is 0 Å². The Morgan fingerprint density at radius 1 is 1.14 bits per heavy atom. The number of anilines is 2. The van der Waals surface area contributed by atoms with Gasteiger partial charge in [-0.25, -0.2) is 0 Å². The van der Waals surface area contributed by atoms with Crippen molar-refractivity contribution in [2.24, 2.45) is 0 Å². The first-order valence-electron chi connectivity index (χ1n) is 6.69. The Labute approximate surface area is 124 Å². The van der Waals surface area contributed by atoms with E-state index in [1.165, 1.54) is 6.92 Å². The number of aryl methyl sites for hydroxylation is 1. The zero-order valence-electron chi connectivity index (χ0n) is 12.1. The van der Waals surface area contributed by atoms with Gasteiger partial charge in [0.05, 0.1) is 6.07 Å². The summed E-state index contributed by atoms with van der Waals surface area (Å²) in [5.74, 6) is -0.113. The molecule has 0 aliphatic heterocycles. The monoisotopic (exact) mass is 279 g/mol. The second kappa shape index (κ2) is 6.58. The minimum Gasteiger partial charge on any atom is -0.366 e. The number of nitrogens with one attached hydrogen (secondary N) is 2. The molecular weight excluding hydrogens is 262 g/mol. The number of nitrogens with zero attached hydrogens (tertiary/aromatic N) is 1. The maximum atomic E-state index is 11.0. The molecule has 0 aliphatic carbocycles. The van der Waals surface area contributed by atoms with Crippen molar-refractivity contribution in [1.29, 1.82) is 5.26 Å². The molecule has 0 saturated heterocycles. The molecule has 0 bridgehead atoms. The van der Waals surface area contributed by atoms with Crippen molar-refractivity contribution < 1.29 is 4.79 Å². The molecule has 106 valence electrons. The fourth-order valence-corrected chi connectivity index (χ4v) is 2.05. The van der Waals surface area contributed by atoms with Crippen LogP contribution in [0.4, 0.5) is 11.4 Å². The Morgan fingerprint density at radius 2 is 1.86 bits per heavy atom. The van der Waals surface area contributed by atoms with Crippen LogP contribution < -0.4 is 10.6 Å². The van der Waals surface area contributed by atoms with E-state index in [-0.39, 0.29) is 5.91 Å². The number of nitriles is 1. The Bertz CT molecular complexity index is 671. The summed E-state index contributed by atoms with van der Waals surface area (Å²) in [6.07, 6.45) is 0. The van der Waals surface area contributed by atoms with E-state index < -0.39 is 6.04 Å². The van der Waals surface area contributed by atoms with E-state index in [2.05, 4.69) is 16.7 Å². The molecular formula is C17H17N3O. The van der Waals surface area contributed by atoms with Crippen molar-refractivity contribution in [3.63, 3.8) is 0 Å². The number of amides is 1. The van der Waals surface area contributed by atoms with Crippen LogP contribution in [0, 0.1) is 18.3 Å². The molecule has 0 radical (unpaired) electrons. The van der Waals surface area contributed by atoms with E-state index in [1.54, 1.807) is 12.1 Å². The van der Waals surface area contributed by atoms with Crippen LogP contribution >= 0.6 is 0 Å². The maximum Gasteiger partial charge on any atom is 0.221 e. The fourth-order valence-electron chi connectivity index (χ4n) is 2.05. The highest BCUT2D eigenvalue weighted by Gasteiger charge is 2.10. The van der Waals surface area contributed by atoms with E-state index in [4.69, 9.17) is 0 Å². The smallest absolute Gasteiger partial charge is 0.221 e. The van der Waals surface area contributed by atoms with Gasteiger partial charge in [-0.05, 0) is 42.3 Å². The molecule has 1 amide bonds. The molecule has 4 heteroatoms. The maximum absolute atomic E-state index is 11.0. The molecule has 0 aliphatic rings. The van der Waals surface area contributed by atoms with Crippen LogP contribution in [0.25, 0.3) is 0 Å². The van der Waals surface area contributed by atoms with Gasteiger partial charge < -0.3 is 10.6 Å². The number of benzene rings is 2. The standard InChI is InChI=1S/C17H17N3O/c1-12-4-3-5-16(10-12)20-17(11-18)14-6-8-15(9-7-14)19-13(2)21/h3-10,17,20H,1-2H3,(H,19,21). The number of carbonyl (C=O) groups is 1. The third-order valence-corrected chi connectivity index (χ3v) is 3.02. The summed E-state index contributed by atoms with van der Waals surface area (Å²) in [5.41, 5.74) is 3.62. The summed E-state index contributed by atoms with van der Waals surface area (Å²) in [5, 5.41) is 15.2. The minimum absolute atomic E-state index is 0.113. The molecule has 2 rings (SSSR count). The first kappa shape index (κ1) is 14.6. The average molecular weight is 279 g/mol. The van der Waals surface area contributed by atoms with E-state index in [9.17, 15) is 10.1 Å². The van der Waals surface area contributed by atoms with Gasteiger partial charge in [0.25, 0.3) is 0 Å². The molecule has 0 spiro atoms. The molecule has 2 N–H and O–H groups in total. The SMILES string of the molecule is CC(=O)Nc1ccc(C(C#N)Nc2cccc(C)c2)cc1. The molecule has 2 aromatic carbocycles. The first-order valence-corrected chi connectivity index (χ1v) is 6.69. The first-order chi connectivity index (χ1) is 10.1. The summed E-state index contributed by atoms with van der Waals surface area (Å²) in [7, 11) is 0. The lowest BCUT2D eigenvalue weighted by Gasteiger charge is -2.14. The van der Waals surface area contributed by atoms with E-state index >= 15 is 0 Å². The van der Waals surface area contributed by atoms with Crippen molar-refractivity contribution >= 4 is 17.3 Å². The van der Waals surface area contributed by atoms with Gasteiger partial charge in [-0.3, -0.25) is 4.79 Å². The molecule has 0 heterocycles. The van der Waals surface area contributed by atoms with Crippen LogP contribution in [0.1, 0.15) is 24.1 Å². The Morgan fingerprint density at radius 3 is 2.43 bits per heavy atom. The van der Waals surface area contributed by atoms with Gasteiger partial charge in [-0.1, -0.05) is 24.3 Å². The van der Waals surface area contributed by atoms with Crippen LogP contribution in [0.2, 0.25) is 0 Å². The quantitative estimate of drug-likeness (QED) is 0.898. The van der Waals surface area contributed by atoms with Crippen LogP contribution in [0.15, 0.2) is 48.5 Å². The van der Waals surface area contributed by atoms with Gasteiger partial charge in [0.15, 0.2) is 0 Å². The Kier molecular flexibility index (Phi) is 4.57. The molecule has 4 nitrogen and oxygen atoms in total. The zero-order valence-corrected chi connectivity index (χ0v) is 12.1. The summed E-state index contributed by atoms with van der Waals surface area (Å²) in [4.78, 5) is 11.0. The Hall–Kier alpha value is -2.80. The highest BCUT2D eigenvalue weighted by atomic mass is 16.1. The second-order valence-corrected chi connectivity index (χ2v) is 4.88. The highest BCUT2D eigenvalue weighted by Crippen LogP contribution is 2.21. The second-order valence-electron chi connectivity index (χ2n) is 4.88. The summed E-state index contributed by atoms with van der Waals surface area (Å²) in [6, 6.07) is 17.0. The van der Waals surface area contributed by atoms with Gasteiger partial charge in [0.2, 0.25) is 5.91 Å². The van der Waals surface area contributed by atoms with E-state index in [0.29, 0.717) is 0 Å². The topological polar surface area (TPSA) is 64.9 Å². The normalized spacial score (nSPS) is 11.3. The fraction of sp³-hybridized carbons (Fsp3) is 0.176. The van der Waals surface area contributed by atoms with E-state index in [1.807, 2.05) is 43.3 Å². The van der Waals surface area contributed by atoms with Crippen molar-refractivity contribution in [3.8, 4) is 6.07 Å². The predicted octanol–water partition coefficient (Wildman–Crippen LogP) is 3.63. The van der Waals surface area contributed by atoms with Gasteiger partial charge in [-0.15, -0.1) is 0 Å². The lowest BCUT2D eigenvalue weighted by molar-refractivity contribution is -0.114. The van der Waals surface area contributed by atoms with Crippen LogP contribution in [-0.4, -0.2) is 5.91 Å². The molecule has 21 heavy (non-hydrogen) atoms. The largest absolute Gasteiger partial charge is 0.366 e. The lowest BCUT2D eigenvalue weighted by Crippen LogP contribution is -2.09. The number of hydrogen-bond acceptors (Lipinski definition) is 3. The molecule has 0 aromatic heterocycles. The summed E-state index contributed by atoms with van der Waals surface area (Å²) >= 11 is 0. The van der Waals surface area contributed by atoms with Crippen molar-refractivity contribution in [1.82, 2.24) is 0 Å². The zero-order chi connectivity index (χ0) is 15.2.